The molecule has 2 aromatic carbocycles. The molecular weight excluding hydrogens is 442 g/mol. The van der Waals surface area contributed by atoms with Crippen LogP contribution in [0.25, 0.3) is 17.0 Å². The van der Waals surface area contributed by atoms with Gasteiger partial charge in [0.15, 0.2) is 8.32 Å². The maximum Gasteiger partial charge on any atom is 0.330 e. The summed E-state index contributed by atoms with van der Waals surface area (Å²) in [6, 6.07) is 18.3. The topological polar surface area (TPSA) is 49.7 Å². The van der Waals surface area contributed by atoms with Crippen LogP contribution in [0.2, 0.25) is 18.1 Å². The molecule has 0 spiro atoms. The highest BCUT2D eigenvalue weighted by Crippen LogP contribution is 2.36. The molecule has 0 atom stereocenters. The molecule has 0 N–H and O–H groups in total. The first-order valence-electron chi connectivity index (χ1n) is 11.9. The normalized spacial score (nSPS) is 12.4. The van der Waals surface area contributed by atoms with E-state index in [-0.39, 0.29) is 11.0 Å². The number of rotatable bonds is 10. The van der Waals surface area contributed by atoms with E-state index in [0.29, 0.717) is 26.4 Å². The molecule has 3 aromatic rings. The van der Waals surface area contributed by atoms with Crippen molar-refractivity contribution in [3.8, 4) is 5.75 Å². The molecule has 3 rings (SSSR count). The first-order chi connectivity index (χ1) is 16.1. The molecule has 0 radical (unpaired) electrons. The van der Waals surface area contributed by atoms with E-state index in [1.54, 1.807) is 6.92 Å². The molecule has 0 saturated carbocycles. The van der Waals surface area contributed by atoms with E-state index in [9.17, 15) is 4.79 Å². The van der Waals surface area contributed by atoms with E-state index in [2.05, 4.69) is 62.7 Å². The lowest BCUT2D eigenvalue weighted by Gasteiger charge is -2.36. The van der Waals surface area contributed by atoms with Crippen LogP contribution in [-0.2, 0) is 27.1 Å². The van der Waals surface area contributed by atoms with Crippen LogP contribution in [0.3, 0.4) is 0 Å². The largest absolute Gasteiger partial charge is 0.489 e. The zero-order chi connectivity index (χ0) is 24.8. The quantitative estimate of drug-likeness (QED) is 0.182. The monoisotopic (exact) mass is 479 g/mol. The fraction of sp³-hybridized carbons (Fsp3) is 0.393. The number of fused-ring (bicyclic) bond motifs is 1. The van der Waals surface area contributed by atoms with Crippen LogP contribution in [0.15, 0.2) is 60.7 Å². The second-order valence-electron chi connectivity index (χ2n) is 9.91. The number of benzene rings is 2. The van der Waals surface area contributed by atoms with Gasteiger partial charge in [0.05, 0.1) is 13.2 Å². The Morgan fingerprint density at radius 1 is 1.06 bits per heavy atom. The minimum atomic E-state index is -1.85. The number of esters is 1. The molecule has 1 aromatic heterocycles. The van der Waals surface area contributed by atoms with Crippen LogP contribution in [0.4, 0.5) is 0 Å². The van der Waals surface area contributed by atoms with Gasteiger partial charge in [-0.1, -0.05) is 51.1 Å². The van der Waals surface area contributed by atoms with Gasteiger partial charge in [-0.05, 0) is 61.0 Å². The fourth-order valence-corrected chi connectivity index (χ4v) is 4.48. The maximum atomic E-state index is 11.9. The Morgan fingerprint density at radius 2 is 1.79 bits per heavy atom. The molecule has 0 unspecified atom stereocenters. The van der Waals surface area contributed by atoms with Crippen molar-refractivity contribution in [1.82, 2.24) is 4.57 Å². The minimum Gasteiger partial charge on any atom is -0.489 e. The van der Waals surface area contributed by atoms with E-state index in [1.807, 2.05) is 36.4 Å². The van der Waals surface area contributed by atoms with Crippen molar-refractivity contribution >= 4 is 31.3 Å². The SMILES string of the molecule is CCOC(=O)C=Cc1cc2cc(OCc3ccccc3)ccc2n1CCO[Si](C)(C)C(C)(C)C. The molecular formula is C28H37NO4Si. The summed E-state index contributed by atoms with van der Waals surface area (Å²) in [7, 11) is -1.85. The van der Waals surface area contributed by atoms with E-state index in [0.717, 1.165) is 27.9 Å². The Labute approximate surface area is 204 Å². The van der Waals surface area contributed by atoms with Gasteiger partial charge in [-0.3, -0.25) is 0 Å². The van der Waals surface area contributed by atoms with Crippen LogP contribution >= 0.6 is 0 Å². The summed E-state index contributed by atoms with van der Waals surface area (Å²) in [5.74, 6) is 0.468. The molecule has 6 heteroatoms. The number of carbonyl (C=O) groups excluding carboxylic acids is 1. The van der Waals surface area contributed by atoms with Gasteiger partial charge in [0.1, 0.15) is 12.4 Å². The third-order valence-electron chi connectivity index (χ3n) is 6.41. The van der Waals surface area contributed by atoms with Crippen molar-refractivity contribution < 1.29 is 18.7 Å². The van der Waals surface area contributed by atoms with Gasteiger partial charge < -0.3 is 18.5 Å². The van der Waals surface area contributed by atoms with Crippen molar-refractivity contribution in [2.75, 3.05) is 13.2 Å². The minimum absolute atomic E-state index is 0.156. The molecule has 0 fully saturated rings. The first-order valence-corrected chi connectivity index (χ1v) is 14.8. The number of hydrogen-bond acceptors (Lipinski definition) is 4. The van der Waals surface area contributed by atoms with Gasteiger partial charge in [0, 0.05) is 29.2 Å². The smallest absolute Gasteiger partial charge is 0.330 e. The Bertz CT molecular complexity index is 1130. The third-order valence-corrected chi connectivity index (χ3v) is 11.0. The molecule has 0 aliphatic carbocycles. The van der Waals surface area contributed by atoms with Gasteiger partial charge in [-0.25, -0.2) is 4.79 Å². The van der Waals surface area contributed by atoms with Gasteiger partial charge in [-0.15, -0.1) is 0 Å². The fourth-order valence-electron chi connectivity index (χ4n) is 3.44. The van der Waals surface area contributed by atoms with E-state index < -0.39 is 8.32 Å². The number of nitrogens with zero attached hydrogens (tertiary/aromatic N) is 1. The van der Waals surface area contributed by atoms with Gasteiger partial charge >= 0.3 is 5.97 Å². The second kappa shape index (κ2) is 11.1. The van der Waals surface area contributed by atoms with Gasteiger partial charge in [-0.2, -0.15) is 0 Å². The Hall–Kier alpha value is -2.83. The van der Waals surface area contributed by atoms with Crippen molar-refractivity contribution in [3.63, 3.8) is 0 Å². The van der Waals surface area contributed by atoms with Crippen LogP contribution in [0, 0.1) is 0 Å². The van der Waals surface area contributed by atoms with E-state index >= 15 is 0 Å². The Kier molecular flexibility index (Phi) is 8.39. The first kappa shape index (κ1) is 25.8. The highest BCUT2D eigenvalue weighted by atomic mass is 28.4. The Balaban J connectivity index is 1.84. The zero-order valence-corrected chi connectivity index (χ0v) is 22.3. The molecule has 0 aliphatic heterocycles. The summed E-state index contributed by atoms with van der Waals surface area (Å²) in [5.41, 5.74) is 3.14. The molecule has 0 amide bonds. The van der Waals surface area contributed by atoms with Crippen LogP contribution in [0.1, 0.15) is 39.0 Å². The highest BCUT2D eigenvalue weighted by molar-refractivity contribution is 6.74. The number of hydrogen-bond donors (Lipinski definition) is 0. The second-order valence-corrected chi connectivity index (χ2v) is 14.7. The molecule has 0 aliphatic rings. The molecule has 34 heavy (non-hydrogen) atoms. The van der Waals surface area contributed by atoms with Crippen molar-refractivity contribution in [1.29, 1.82) is 0 Å². The lowest BCUT2D eigenvalue weighted by atomic mass is 10.2. The molecule has 1 heterocycles. The lowest BCUT2D eigenvalue weighted by Crippen LogP contribution is -2.41. The summed E-state index contributed by atoms with van der Waals surface area (Å²) in [4.78, 5) is 11.9. The average molecular weight is 480 g/mol. The number of carbonyl (C=O) groups is 1. The summed E-state index contributed by atoms with van der Waals surface area (Å²) in [6.45, 7) is 15.3. The standard InChI is InChI=1S/C28H37NO4Si/c1-7-31-27(30)16-13-24-19-23-20-25(32-21-22-11-9-8-10-12-22)14-15-26(23)29(24)17-18-33-34(5,6)28(2,3)4/h8-16,19-20H,7,17-18,21H2,1-6H3. The molecule has 182 valence electrons. The molecule has 0 saturated heterocycles. The highest BCUT2D eigenvalue weighted by Gasteiger charge is 2.36. The molecule has 0 bridgehead atoms. The Morgan fingerprint density at radius 3 is 2.47 bits per heavy atom. The summed E-state index contributed by atoms with van der Waals surface area (Å²) in [5, 5.41) is 1.21. The summed E-state index contributed by atoms with van der Waals surface area (Å²) >= 11 is 0. The zero-order valence-electron chi connectivity index (χ0n) is 21.3. The summed E-state index contributed by atoms with van der Waals surface area (Å²) in [6.07, 6.45) is 3.30. The predicted molar refractivity (Wildman–Crippen MR) is 142 cm³/mol. The van der Waals surface area contributed by atoms with Gasteiger partial charge in [0.2, 0.25) is 0 Å². The number of ether oxygens (including phenoxy) is 2. The third kappa shape index (κ3) is 6.61. The van der Waals surface area contributed by atoms with Gasteiger partial charge in [0.25, 0.3) is 0 Å². The van der Waals surface area contributed by atoms with E-state index in [4.69, 9.17) is 13.9 Å². The van der Waals surface area contributed by atoms with Crippen molar-refractivity contribution in [2.24, 2.45) is 0 Å². The number of aromatic nitrogens is 1. The van der Waals surface area contributed by atoms with Crippen LogP contribution in [0.5, 0.6) is 5.75 Å². The average Bonchev–Trinajstić information content (AvgIpc) is 3.13. The van der Waals surface area contributed by atoms with Crippen molar-refractivity contribution in [3.05, 3.63) is 71.9 Å². The van der Waals surface area contributed by atoms with Crippen LogP contribution in [-0.4, -0.2) is 32.1 Å². The van der Waals surface area contributed by atoms with Crippen molar-refractivity contribution in [2.45, 2.75) is 59.0 Å². The maximum absolute atomic E-state index is 11.9. The van der Waals surface area contributed by atoms with E-state index in [1.165, 1.54) is 6.08 Å². The predicted octanol–water partition coefficient (Wildman–Crippen LogP) is 6.82. The lowest BCUT2D eigenvalue weighted by molar-refractivity contribution is -0.137. The molecule has 5 nitrogen and oxygen atoms in total. The van der Waals surface area contributed by atoms with Crippen LogP contribution < -0.4 is 4.74 Å². The summed E-state index contributed by atoms with van der Waals surface area (Å²) < 4.78 is 19.7.